The Morgan fingerprint density at radius 3 is 2.19 bits per heavy atom. The SMILES string of the molecule is COc1ccc([C@@H]2COc3cc(OC(C)=O)c(OC(C)=O)cc3C2)cc1. The summed E-state index contributed by atoms with van der Waals surface area (Å²) in [5.41, 5.74) is 2.03. The lowest BCUT2D eigenvalue weighted by Crippen LogP contribution is -2.20. The van der Waals surface area contributed by atoms with Crippen LogP contribution in [0.3, 0.4) is 0 Å². The van der Waals surface area contributed by atoms with Crippen LogP contribution >= 0.6 is 0 Å². The van der Waals surface area contributed by atoms with Crippen molar-refractivity contribution in [3.8, 4) is 23.0 Å². The molecule has 0 radical (unpaired) electrons. The number of carbonyl (C=O) groups excluding carboxylic acids is 2. The molecule has 2 aromatic rings. The third-order valence-electron chi connectivity index (χ3n) is 4.13. The first-order valence-corrected chi connectivity index (χ1v) is 8.26. The smallest absolute Gasteiger partial charge is 0.308 e. The lowest BCUT2D eigenvalue weighted by atomic mass is 9.90. The second-order valence-corrected chi connectivity index (χ2v) is 6.08. The van der Waals surface area contributed by atoms with E-state index in [-0.39, 0.29) is 17.4 Å². The minimum Gasteiger partial charge on any atom is -0.497 e. The van der Waals surface area contributed by atoms with Crippen molar-refractivity contribution < 1.29 is 28.5 Å². The molecule has 0 amide bonds. The third-order valence-corrected chi connectivity index (χ3v) is 4.13. The van der Waals surface area contributed by atoms with Crippen molar-refractivity contribution >= 4 is 11.9 Å². The normalized spacial score (nSPS) is 15.4. The average Bonchev–Trinajstić information content (AvgIpc) is 2.61. The Hall–Kier alpha value is -3.02. The molecular formula is C20H20O6. The van der Waals surface area contributed by atoms with Gasteiger partial charge in [0.15, 0.2) is 11.5 Å². The third kappa shape index (κ3) is 3.96. The first-order chi connectivity index (χ1) is 12.5. The van der Waals surface area contributed by atoms with Gasteiger partial charge in [-0.2, -0.15) is 0 Å². The van der Waals surface area contributed by atoms with Crippen LogP contribution in [0.2, 0.25) is 0 Å². The molecule has 1 heterocycles. The minimum absolute atomic E-state index is 0.165. The molecule has 0 aliphatic carbocycles. The van der Waals surface area contributed by atoms with Crippen LogP contribution in [0.4, 0.5) is 0 Å². The molecule has 0 unspecified atom stereocenters. The number of benzene rings is 2. The van der Waals surface area contributed by atoms with Crippen molar-refractivity contribution in [2.24, 2.45) is 0 Å². The predicted molar refractivity (Wildman–Crippen MR) is 94.0 cm³/mol. The summed E-state index contributed by atoms with van der Waals surface area (Å²) in [5, 5.41) is 0. The van der Waals surface area contributed by atoms with E-state index in [9.17, 15) is 9.59 Å². The molecule has 3 rings (SSSR count). The number of fused-ring (bicyclic) bond motifs is 1. The Balaban J connectivity index is 1.89. The van der Waals surface area contributed by atoms with Crippen LogP contribution in [0.15, 0.2) is 36.4 Å². The van der Waals surface area contributed by atoms with Gasteiger partial charge in [0.1, 0.15) is 11.5 Å². The Morgan fingerprint density at radius 1 is 1.00 bits per heavy atom. The molecule has 0 bridgehead atoms. The van der Waals surface area contributed by atoms with Crippen molar-refractivity contribution in [2.45, 2.75) is 26.2 Å². The van der Waals surface area contributed by atoms with Gasteiger partial charge in [0.05, 0.1) is 13.7 Å². The Labute approximate surface area is 151 Å². The van der Waals surface area contributed by atoms with Gasteiger partial charge in [-0.15, -0.1) is 0 Å². The van der Waals surface area contributed by atoms with E-state index in [1.807, 2.05) is 24.3 Å². The zero-order valence-electron chi connectivity index (χ0n) is 14.9. The molecule has 6 nitrogen and oxygen atoms in total. The molecular weight excluding hydrogens is 336 g/mol. The molecule has 1 aliphatic rings. The van der Waals surface area contributed by atoms with E-state index in [4.69, 9.17) is 18.9 Å². The molecule has 1 atom stereocenters. The first-order valence-electron chi connectivity index (χ1n) is 8.26. The molecule has 0 saturated heterocycles. The van der Waals surface area contributed by atoms with Crippen molar-refractivity contribution in [1.82, 2.24) is 0 Å². The summed E-state index contributed by atoms with van der Waals surface area (Å²) >= 11 is 0. The highest BCUT2D eigenvalue weighted by Crippen LogP contribution is 2.40. The molecule has 2 aromatic carbocycles. The maximum atomic E-state index is 11.4. The van der Waals surface area contributed by atoms with Crippen molar-refractivity contribution in [3.05, 3.63) is 47.5 Å². The molecule has 0 N–H and O–H groups in total. The Morgan fingerprint density at radius 2 is 1.62 bits per heavy atom. The van der Waals surface area contributed by atoms with E-state index < -0.39 is 11.9 Å². The highest BCUT2D eigenvalue weighted by atomic mass is 16.6. The summed E-state index contributed by atoms with van der Waals surface area (Å²) in [6.07, 6.45) is 0.719. The van der Waals surface area contributed by atoms with E-state index in [1.165, 1.54) is 13.8 Å². The van der Waals surface area contributed by atoms with Crippen molar-refractivity contribution in [2.75, 3.05) is 13.7 Å². The molecule has 1 aliphatic heterocycles. The summed E-state index contributed by atoms with van der Waals surface area (Å²) in [4.78, 5) is 22.7. The van der Waals surface area contributed by atoms with E-state index in [0.29, 0.717) is 12.4 Å². The number of methoxy groups -OCH3 is 1. The second kappa shape index (κ2) is 7.47. The van der Waals surface area contributed by atoms with Gasteiger partial charge >= 0.3 is 11.9 Å². The highest BCUT2D eigenvalue weighted by molar-refractivity contribution is 5.74. The molecule has 0 saturated carbocycles. The summed E-state index contributed by atoms with van der Waals surface area (Å²) in [7, 11) is 1.63. The van der Waals surface area contributed by atoms with Crippen LogP contribution in [-0.4, -0.2) is 25.7 Å². The van der Waals surface area contributed by atoms with Crippen LogP contribution in [0.1, 0.15) is 30.9 Å². The summed E-state index contributed by atoms with van der Waals surface area (Å²) in [5.74, 6) is 1.00. The van der Waals surface area contributed by atoms with Crippen molar-refractivity contribution in [1.29, 1.82) is 0 Å². The van der Waals surface area contributed by atoms with E-state index in [0.717, 1.165) is 23.3 Å². The lowest BCUT2D eigenvalue weighted by molar-refractivity contribution is -0.134. The quantitative estimate of drug-likeness (QED) is 0.618. The van der Waals surface area contributed by atoms with Gasteiger partial charge in [-0.1, -0.05) is 12.1 Å². The molecule has 136 valence electrons. The molecule has 0 fully saturated rings. The van der Waals surface area contributed by atoms with Crippen LogP contribution in [0, 0.1) is 0 Å². The van der Waals surface area contributed by atoms with Gasteiger partial charge in [0, 0.05) is 25.8 Å². The Kier molecular flexibility index (Phi) is 5.11. The summed E-state index contributed by atoms with van der Waals surface area (Å²) < 4.78 is 21.4. The van der Waals surface area contributed by atoms with Crippen LogP contribution < -0.4 is 18.9 Å². The first kappa shape index (κ1) is 17.8. The van der Waals surface area contributed by atoms with Crippen LogP contribution in [-0.2, 0) is 16.0 Å². The summed E-state index contributed by atoms with van der Waals surface area (Å²) in [6.45, 7) is 3.09. The second-order valence-electron chi connectivity index (χ2n) is 6.08. The zero-order chi connectivity index (χ0) is 18.7. The standard InChI is InChI=1S/C20H20O6/c1-12(21)25-19-9-15-8-16(14-4-6-17(23-3)7-5-14)11-24-18(15)10-20(19)26-13(2)22/h4-7,9-10,16H,8,11H2,1-3H3/t16-/m0/s1. The van der Waals surface area contributed by atoms with Gasteiger partial charge in [-0.25, -0.2) is 0 Å². The van der Waals surface area contributed by atoms with Gasteiger partial charge in [-0.3, -0.25) is 9.59 Å². The van der Waals surface area contributed by atoms with Crippen molar-refractivity contribution in [3.63, 3.8) is 0 Å². The fraction of sp³-hybridized carbons (Fsp3) is 0.300. The molecule has 26 heavy (non-hydrogen) atoms. The van der Waals surface area contributed by atoms with Gasteiger partial charge in [0.2, 0.25) is 0 Å². The minimum atomic E-state index is -0.495. The highest BCUT2D eigenvalue weighted by Gasteiger charge is 2.25. The number of carbonyl (C=O) groups is 2. The molecule has 6 heteroatoms. The fourth-order valence-corrected chi connectivity index (χ4v) is 2.95. The zero-order valence-corrected chi connectivity index (χ0v) is 14.9. The lowest BCUT2D eigenvalue weighted by Gasteiger charge is -2.26. The predicted octanol–water partition coefficient (Wildman–Crippen LogP) is 3.26. The largest absolute Gasteiger partial charge is 0.497 e. The number of rotatable bonds is 4. The number of hydrogen-bond acceptors (Lipinski definition) is 6. The maximum Gasteiger partial charge on any atom is 0.308 e. The van der Waals surface area contributed by atoms with Crippen LogP contribution in [0.5, 0.6) is 23.0 Å². The van der Waals surface area contributed by atoms with Gasteiger partial charge in [-0.05, 0) is 35.7 Å². The van der Waals surface area contributed by atoms with Gasteiger partial charge in [0.25, 0.3) is 0 Å². The number of esters is 2. The van der Waals surface area contributed by atoms with E-state index in [1.54, 1.807) is 19.2 Å². The number of ether oxygens (including phenoxy) is 4. The maximum absolute atomic E-state index is 11.4. The van der Waals surface area contributed by atoms with Crippen LogP contribution in [0.25, 0.3) is 0 Å². The number of hydrogen-bond donors (Lipinski definition) is 0. The van der Waals surface area contributed by atoms with E-state index >= 15 is 0 Å². The fourth-order valence-electron chi connectivity index (χ4n) is 2.95. The molecule has 0 spiro atoms. The van der Waals surface area contributed by atoms with Gasteiger partial charge < -0.3 is 18.9 Å². The topological polar surface area (TPSA) is 71.1 Å². The average molecular weight is 356 g/mol. The monoisotopic (exact) mass is 356 g/mol. The summed E-state index contributed by atoms with van der Waals surface area (Å²) in [6, 6.07) is 11.2. The molecule has 0 aromatic heterocycles. The van der Waals surface area contributed by atoms with E-state index in [2.05, 4.69) is 0 Å². The Bertz CT molecular complexity index is 825.